The molecular formula is C13H28N2O2. The van der Waals surface area contributed by atoms with E-state index in [-0.39, 0.29) is 17.4 Å². The van der Waals surface area contributed by atoms with Crippen molar-refractivity contribution < 1.29 is 9.53 Å². The van der Waals surface area contributed by atoms with E-state index in [0.29, 0.717) is 26.1 Å². The van der Waals surface area contributed by atoms with Gasteiger partial charge in [-0.1, -0.05) is 13.8 Å². The van der Waals surface area contributed by atoms with Gasteiger partial charge in [-0.05, 0) is 38.6 Å². The van der Waals surface area contributed by atoms with Crippen molar-refractivity contribution >= 4 is 5.91 Å². The monoisotopic (exact) mass is 244 g/mol. The highest BCUT2D eigenvalue weighted by Gasteiger charge is 2.18. The third-order valence-corrected chi connectivity index (χ3v) is 2.89. The molecule has 0 aromatic carbocycles. The van der Waals surface area contributed by atoms with Crippen molar-refractivity contribution in [3.05, 3.63) is 0 Å². The number of ether oxygens (including phenoxy) is 1. The van der Waals surface area contributed by atoms with Crippen LogP contribution >= 0.6 is 0 Å². The van der Waals surface area contributed by atoms with Crippen LogP contribution in [-0.4, -0.2) is 31.7 Å². The van der Waals surface area contributed by atoms with Crippen molar-refractivity contribution in [2.24, 2.45) is 11.1 Å². The van der Waals surface area contributed by atoms with Gasteiger partial charge < -0.3 is 15.8 Å². The summed E-state index contributed by atoms with van der Waals surface area (Å²) in [5.41, 5.74) is 5.69. The molecule has 1 atom stereocenters. The van der Waals surface area contributed by atoms with Gasteiger partial charge in [-0.2, -0.15) is 0 Å². The lowest BCUT2D eigenvalue weighted by Gasteiger charge is -2.23. The van der Waals surface area contributed by atoms with Gasteiger partial charge in [0, 0.05) is 19.6 Å². The fourth-order valence-electron chi connectivity index (χ4n) is 1.66. The van der Waals surface area contributed by atoms with Gasteiger partial charge in [0.05, 0.1) is 6.10 Å². The molecule has 0 radical (unpaired) electrons. The maximum absolute atomic E-state index is 11.6. The number of carbonyl (C=O) groups is 1. The van der Waals surface area contributed by atoms with Crippen LogP contribution in [0.5, 0.6) is 0 Å². The van der Waals surface area contributed by atoms with Crippen molar-refractivity contribution in [3.8, 4) is 0 Å². The van der Waals surface area contributed by atoms with Crippen LogP contribution in [0.1, 0.15) is 47.0 Å². The van der Waals surface area contributed by atoms with E-state index in [0.717, 1.165) is 12.8 Å². The Morgan fingerprint density at radius 3 is 2.59 bits per heavy atom. The third kappa shape index (κ3) is 9.12. The average molecular weight is 244 g/mol. The summed E-state index contributed by atoms with van der Waals surface area (Å²) in [6.45, 7) is 10.2. The van der Waals surface area contributed by atoms with Crippen molar-refractivity contribution in [1.82, 2.24) is 5.32 Å². The van der Waals surface area contributed by atoms with Crippen LogP contribution in [0.25, 0.3) is 0 Å². The van der Waals surface area contributed by atoms with Gasteiger partial charge in [-0.25, -0.2) is 0 Å². The quantitative estimate of drug-likeness (QED) is 0.648. The van der Waals surface area contributed by atoms with Crippen LogP contribution in [0.2, 0.25) is 0 Å². The number of hydrogen-bond donors (Lipinski definition) is 2. The molecule has 1 amide bonds. The molecule has 0 aromatic heterocycles. The van der Waals surface area contributed by atoms with E-state index >= 15 is 0 Å². The number of nitrogens with one attached hydrogen (secondary N) is 1. The number of nitrogens with two attached hydrogens (primary N) is 1. The number of rotatable bonds is 9. The Morgan fingerprint density at radius 2 is 2.06 bits per heavy atom. The normalized spacial score (nSPS) is 13.5. The minimum atomic E-state index is 0.0843. The van der Waals surface area contributed by atoms with Gasteiger partial charge in [0.15, 0.2) is 0 Å². The molecule has 0 spiro atoms. The zero-order valence-electron chi connectivity index (χ0n) is 11.7. The fourth-order valence-corrected chi connectivity index (χ4v) is 1.66. The zero-order valence-corrected chi connectivity index (χ0v) is 11.7. The van der Waals surface area contributed by atoms with Crippen molar-refractivity contribution in [2.75, 3.05) is 19.7 Å². The predicted molar refractivity (Wildman–Crippen MR) is 70.8 cm³/mol. The molecule has 102 valence electrons. The second-order valence-electron chi connectivity index (χ2n) is 5.27. The molecule has 0 saturated heterocycles. The average Bonchev–Trinajstić information content (AvgIpc) is 2.24. The maximum Gasteiger partial charge on any atom is 0.220 e. The van der Waals surface area contributed by atoms with E-state index < -0.39 is 0 Å². The van der Waals surface area contributed by atoms with Crippen LogP contribution < -0.4 is 11.1 Å². The topological polar surface area (TPSA) is 64.3 Å². The Kier molecular flexibility index (Phi) is 8.17. The first-order valence-corrected chi connectivity index (χ1v) is 6.49. The van der Waals surface area contributed by atoms with Crippen LogP contribution in [0, 0.1) is 5.41 Å². The minimum absolute atomic E-state index is 0.0843. The molecule has 17 heavy (non-hydrogen) atoms. The SMILES string of the molecule is CCOC(C)CNC(=O)CCC(C)(C)CCN. The van der Waals surface area contributed by atoms with E-state index in [1.54, 1.807) is 0 Å². The molecule has 0 fully saturated rings. The largest absolute Gasteiger partial charge is 0.377 e. The third-order valence-electron chi connectivity index (χ3n) is 2.89. The first-order valence-electron chi connectivity index (χ1n) is 6.49. The molecule has 0 bridgehead atoms. The first kappa shape index (κ1) is 16.4. The van der Waals surface area contributed by atoms with Crippen LogP contribution in [0.15, 0.2) is 0 Å². The molecule has 0 heterocycles. The molecule has 3 N–H and O–H groups in total. The second kappa shape index (κ2) is 8.48. The molecular weight excluding hydrogens is 216 g/mol. The molecule has 4 nitrogen and oxygen atoms in total. The molecule has 0 aliphatic rings. The summed E-state index contributed by atoms with van der Waals surface area (Å²) in [6, 6.07) is 0. The Labute approximate surface area is 105 Å². The van der Waals surface area contributed by atoms with Crippen molar-refractivity contribution in [3.63, 3.8) is 0 Å². The molecule has 0 aromatic rings. The summed E-state index contributed by atoms with van der Waals surface area (Å²) in [5, 5.41) is 2.89. The molecule has 0 rings (SSSR count). The summed E-state index contributed by atoms with van der Waals surface area (Å²) in [5.74, 6) is 0.0987. The fraction of sp³-hybridized carbons (Fsp3) is 0.923. The minimum Gasteiger partial charge on any atom is -0.377 e. The zero-order chi connectivity index (χ0) is 13.3. The van der Waals surface area contributed by atoms with Crippen LogP contribution in [0.3, 0.4) is 0 Å². The standard InChI is InChI=1S/C13H28N2O2/c1-5-17-11(2)10-15-12(16)6-7-13(3,4)8-9-14/h11H,5-10,14H2,1-4H3,(H,15,16). The van der Waals surface area contributed by atoms with Gasteiger partial charge in [-0.15, -0.1) is 0 Å². The Balaban J connectivity index is 3.72. The van der Waals surface area contributed by atoms with E-state index in [1.807, 2.05) is 13.8 Å². The highest BCUT2D eigenvalue weighted by Crippen LogP contribution is 2.25. The number of hydrogen-bond acceptors (Lipinski definition) is 3. The Hall–Kier alpha value is -0.610. The lowest BCUT2D eigenvalue weighted by atomic mass is 9.84. The lowest BCUT2D eigenvalue weighted by molar-refractivity contribution is -0.122. The Bertz CT molecular complexity index is 217. The van der Waals surface area contributed by atoms with E-state index in [1.165, 1.54) is 0 Å². The molecule has 0 saturated carbocycles. The highest BCUT2D eigenvalue weighted by molar-refractivity contribution is 5.75. The summed E-state index contributed by atoms with van der Waals surface area (Å²) >= 11 is 0. The summed E-state index contributed by atoms with van der Waals surface area (Å²) in [4.78, 5) is 11.6. The predicted octanol–water partition coefficient (Wildman–Crippen LogP) is 1.68. The van der Waals surface area contributed by atoms with Crippen LogP contribution in [0.4, 0.5) is 0 Å². The molecule has 0 aliphatic carbocycles. The summed E-state index contributed by atoms with van der Waals surface area (Å²) in [6.07, 6.45) is 2.47. The van der Waals surface area contributed by atoms with Gasteiger partial charge in [0.25, 0.3) is 0 Å². The van der Waals surface area contributed by atoms with Gasteiger partial charge in [-0.3, -0.25) is 4.79 Å². The molecule has 1 unspecified atom stereocenters. The van der Waals surface area contributed by atoms with Gasteiger partial charge in [0.1, 0.15) is 0 Å². The first-order chi connectivity index (χ1) is 7.91. The number of carbonyl (C=O) groups excluding carboxylic acids is 1. The summed E-state index contributed by atoms with van der Waals surface area (Å²) < 4.78 is 5.34. The van der Waals surface area contributed by atoms with Crippen molar-refractivity contribution in [2.45, 2.75) is 53.1 Å². The van der Waals surface area contributed by atoms with Crippen LogP contribution in [-0.2, 0) is 9.53 Å². The van der Waals surface area contributed by atoms with Gasteiger partial charge >= 0.3 is 0 Å². The van der Waals surface area contributed by atoms with E-state index in [2.05, 4.69) is 19.2 Å². The van der Waals surface area contributed by atoms with Gasteiger partial charge in [0.2, 0.25) is 5.91 Å². The van der Waals surface area contributed by atoms with E-state index in [9.17, 15) is 4.79 Å². The Morgan fingerprint density at radius 1 is 1.41 bits per heavy atom. The smallest absolute Gasteiger partial charge is 0.220 e. The highest BCUT2D eigenvalue weighted by atomic mass is 16.5. The summed E-state index contributed by atoms with van der Waals surface area (Å²) in [7, 11) is 0. The molecule has 0 aliphatic heterocycles. The van der Waals surface area contributed by atoms with E-state index in [4.69, 9.17) is 10.5 Å². The second-order valence-corrected chi connectivity index (χ2v) is 5.27. The lowest BCUT2D eigenvalue weighted by Crippen LogP contribution is -2.32. The van der Waals surface area contributed by atoms with Crippen molar-refractivity contribution in [1.29, 1.82) is 0 Å². The number of amides is 1. The molecule has 4 heteroatoms. The maximum atomic E-state index is 11.6.